The normalized spacial score (nSPS) is 12.9. The first-order chi connectivity index (χ1) is 8.83. The lowest BCUT2D eigenvalue weighted by atomic mass is 10.2. The lowest BCUT2D eigenvalue weighted by molar-refractivity contribution is 0.00938. The minimum absolute atomic E-state index is 0.0912. The van der Waals surface area contributed by atoms with Gasteiger partial charge >= 0.3 is 6.09 Å². The fourth-order valence-electron chi connectivity index (χ4n) is 1.60. The van der Waals surface area contributed by atoms with Crippen molar-refractivity contribution in [2.45, 2.75) is 45.9 Å². The highest BCUT2D eigenvalue weighted by Crippen LogP contribution is 2.15. The van der Waals surface area contributed by atoms with Crippen molar-refractivity contribution in [3.8, 4) is 0 Å². The molecule has 0 aliphatic carbocycles. The molecule has 0 aliphatic heterocycles. The van der Waals surface area contributed by atoms with Crippen LogP contribution in [0.4, 0.5) is 4.79 Å². The first-order valence-electron chi connectivity index (χ1n) is 6.48. The van der Waals surface area contributed by atoms with Gasteiger partial charge in [0.05, 0.1) is 12.6 Å². The molecule has 0 saturated carbocycles. The third-order valence-corrected chi connectivity index (χ3v) is 2.62. The van der Waals surface area contributed by atoms with Gasteiger partial charge in [0.2, 0.25) is 0 Å². The lowest BCUT2D eigenvalue weighted by Gasteiger charge is -2.31. The molecule has 0 fully saturated rings. The average molecular weight is 265 g/mol. The number of amides is 1. The van der Waals surface area contributed by atoms with Crippen LogP contribution < -0.4 is 0 Å². The number of aliphatic hydroxyl groups is 1. The Morgan fingerprint density at radius 2 is 1.89 bits per heavy atom. The number of rotatable bonds is 4. The minimum Gasteiger partial charge on any atom is -0.444 e. The third kappa shape index (κ3) is 5.30. The maximum atomic E-state index is 12.2. The molecule has 1 aromatic rings. The van der Waals surface area contributed by atoms with Crippen molar-refractivity contribution in [3.63, 3.8) is 0 Å². The van der Waals surface area contributed by atoms with Gasteiger partial charge in [0.15, 0.2) is 0 Å². The smallest absolute Gasteiger partial charge is 0.410 e. The van der Waals surface area contributed by atoms with Crippen LogP contribution in [-0.2, 0) is 11.3 Å². The van der Waals surface area contributed by atoms with E-state index in [1.165, 1.54) is 0 Å². The Morgan fingerprint density at radius 1 is 1.32 bits per heavy atom. The number of hydrogen-bond acceptors (Lipinski definition) is 3. The topological polar surface area (TPSA) is 49.8 Å². The molecule has 106 valence electrons. The third-order valence-electron chi connectivity index (χ3n) is 2.62. The van der Waals surface area contributed by atoms with Crippen LogP contribution in [0.25, 0.3) is 0 Å². The Hall–Kier alpha value is -1.55. The van der Waals surface area contributed by atoms with Crippen molar-refractivity contribution < 1.29 is 14.6 Å². The summed E-state index contributed by atoms with van der Waals surface area (Å²) in [6, 6.07) is 9.38. The van der Waals surface area contributed by atoms with E-state index in [0.717, 1.165) is 5.56 Å². The van der Waals surface area contributed by atoms with Crippen LogP contribution in [0.15, 0.2) is 30.3 Å². The highest BCUT2D eigenvalue weighted by Gasteiger charge is 2.25. The van der Waals surface area contributed by atoms with Crippen molar-refractivity contribution in [2.75, 3.05) is 6.61 Å². The zero-order valence-corrected chi connectivity index (χ0v) is 12.1. The van der Waals surface area contributed by atoms with Crippen LogP contribution in [0.5, 0.6) is 0 Å². The summed E-state index contributed by atoms with van der Waals surface area (Å²) in [4.78, 5) is 13.7. The lowest BCUT2D eigenvalue weighted by Crippen LogP contribution is -2.43. The molecule has 0 saturated heterocycles. The van der Waals surface area contributed by atoms with E-state index in [9.17, 15) is 9.90 Å². The summed E-state index contributed by atoms with van der Waals surface area (Å²) in [6.45, 7) is 7.62. The maximum absolute atomic E-state index is 12.2. The van der Waals surface area contributed by atoms with Crippen molar-refractivity contribution in [1.82, 2.24) is 4.90 Å². The summed E-state index contributed by atoms with van der Waals surface area (Å²) < 4.78 is 5.37. The monoisotopic (exact) mass is 265 g/mol. The Morgan fingerprint density at radius 3 is 2.37 bits per heavy atom. The van der Waals surface area contributed by atoms with Crippen molar-refractivity contribution in [2.24, 2.45) is 0 Å². The van der Waals surface area contributed by atoms with Crippen LogP contribution in [0.1, 0.15) is 33.3 Å². The summed E-state index contributed by atoms with van der Waals surface area (Å²) >= 11 is 0. The van der Waals surface area contributed by atoms with E-state index in [-0.39, 0.29) is 12.6 Å². The van der Waals surface area contributed by atoms with Crippen molar-refractivity contribution in [3.05, 3.63) is 35.9 Å². The number of aliphatic hydroxyl groups excluding tert-OH is 1. The fourth-order valence-corrected chi connectivity index (χ4v) is 1.60. The van der Waals surface area contributed by atoms with Gasteiger partial charge in [-0.25, -0.2) is 4.79 Å². The Balaban J connectivity index is 2.81. The molecule has 1 rings (SSSR count). The van der Waals surface area contributed by atoms with Gasteiger partial charge in [-0.1, -0.05) is 30.3 Å². The summed E-state index contributed by atoms with van der Waals surface area (Å²) in [7, 11) is 0. The first kappa shape index (κ1) is 15.5. The van der Waals surface area contributed by atoms with E-state index < -0.39 is 11.7 Å². The molecule has 19 heavy (non-hydrogen) atoms. The van der Waals surface area contributed by atoms with E-state index >= 15 is 0 Å². The predicted molar refractivity (Wildman–Crippen MR) is 74.8 cm³/mol. The number of ether oxygens (including phenoxy) is 1. The van der Waals surface area contributed by atoms with Crippen LogP contribution in [-0.4, -0.2) is 34.3 Å². The Kier molecular flexibility index (Phi) is 5.36. The number of nitrogens with zero attached hydrogens (tertiary/aromatic N) is 1. The maximum Gasteiger partial charge on any atom is 0.410 e. The van der Waals surface area contributed by atoms with E-state index in [0.29, 0.717) is 6.54 Å². The van der Waals surface area contributed by atoms with Gasteiger partial charge in [0.25, 0.3) is 0 Å². The molecule has 0 spiro atoms. The molecule has 4 nitrogen and oxygen atoms in total. The molecule has 1 N–H and O–H groups in total. The molecular weight excluding hydrogens is 242 g/mol. The minimum atomic E-state index is -0.540. The molecule has 4 heteroatoms. The average Bonchev–Trinajstić information content (AvgIpc) is 2.34. The second kappa shape index (κ2) is 6.57. The van der Waals surface area contributed by atoms with Gasteiger partial charge in [-0.3, -0.25) is 4.90 Å². The van der Waals surface area contributed by atoms with Gasteiger partial charge in [0.1, 0.15) is 5.60 Å². The second-order valence-electron chi connectivity index (χ2n) is 5.63. The van der Waals surface area contributed by atoms with Crippen molar-refractivity contribution in [1.29, 1.82) is 0 Å². The Labute approximate surface area is 115 Å². The predicted octanol–water partition coefficient (Wildman–Crippen LogP) is 2.80. The summed E-state index contributed by atoms with van der Waals surface area (Å²) in [5.74, 6) is 0. The van der Waals surface area contributed by atoms with Crippen LogP contribution in [0, 0.1) is 0 Å². The highest BCUT2D eigenvalue weighted by atomic mass is 16.6. The van der Waals surface area contributed by atoms with Gasteiger partial charge in [0, 0.05) is 6.54 Å². The van der Waals surface area contributed by atoms with Gasteiger partial charge in [-0.15, -0.1) is 0 Å². The van der Waals surface area contributed by atoms with Gasteiger partial charge in [-0.2, -0.15) is 0 Å². The van der Waals surface area contributed by atoms with E-state index in [1.54, 1.807) is 11.8 Å². The number of carbonyl (C=O) groups is 1. The van der Waals surface area contributed by atoms with E-state index in [2.05, 4.69) is 0 Å². The number of hydrogen-bond donors (Lipinski definition) is 1. The molecule has 0 aromatic heterocycles. The zero-order chi connectivity index (χ0) is 14.5. The Bertz CT molecular complexity index is 398. The zero-order valence-electron chi connectivity index (χ0n) is 12.1. The number of benzene rings is 1. The summed E-state index contributed by atoms with van der Waals surface area (Å²) in [5.41, 5.74) is 0.468. The molecule has 1 aromatic carbocycles. The van der Waals surface area contributed by atoms with Crippen LogP contribution >= 0.6 is 0 Å². The first-order valence-corrected chi connectivity index (χ1v) is 6.48. The van der Waals surface area contributed by atoms with Crippen molar-refractivity contribution >= 4 is 6.09 Å². The van der Waals surface area contributed by atoms with Crippen LogP contribution in [0.3, 0.4) is 0 Å². The summed E-state index contributed by atoms with van der Waals surface area (Å²) in [5, 5.41) is 9.28. The van der Waals surface area contributed by atoms with E-state index in [1.807, 2.05) is 51.1 Å². The molecule has 1 unspecified atom stereocenters. The molecule has 0 radical (unpaired) electrons. The summed E-state index contributed by atoms with van der Waals surface area (Å²) in [6.07, 6.45) is -0.405. The standard InChI is InChI=1S/C15H23NO3/c1-12(11-17)16(14(18)19-15(2,3)4)10-13-8-6-5-7-9-13/h5-9,12,17H,10-11H2,1-4H3. The SMILES string of the molecule is CC(CO)N(Cc1ccccc1)C(=O)OC(C)(C)C. The largest absolute Gasteiger partial charge is 0.444 e. The molecular formula is C15H23NO3. The second-order valence-corrected chi connectivity index (χ2v) is 5.63. The fraction of sp³-hybridized carbons (Fsp3) is 0.533. The number of carbonyl (C=O) groups excluding carboxylic acids is 1. The quantitative estimate of drug-likeness (QED) is 0.910. The highest BCUT2D eigenvalue weighted by molar-refractivity contribution is 5.68. The van der Waals surface area contributed by atoms with Gasteiger partial charge < -0.3 is 9.84 Å². The van der Waals surface area contributed by atoms with E-state index in [4.69, 9.17) is 4.74 Å². The molecule has 0 bridgehead atoms. The molecule has 1 amide bonds. The molecule has 0 heterocycles. The van der Waals surface area contributed by atoms with Gasteiger partial charge in [-0.05, 0) is 33.3 Å². The van der Waals surface area contributed by atoms with Crippen LogP contribution in [0.2, 0.25) is 0 Å². The molecule has 1 atom stereocenters. The molecule has 0 aliphatic rings.